The maximum absolute atomic E-state index is 13.7. The van der Waals surface area contributed by atoms with Gasteiger partial charge in [0.1, 0.15) is 10.1 Å². The first-order valence-electron chi connectivity index (χ1n) is 10.7. The minimum absolute atomic E-state index is 0.146. The lowest BCUT2D eigenvalue weighted by atomic mass is 9.82. The van der Waals surface area contributed by atoms with E-state index in [0.717, 1.165) is 17.7 Å². The number of rotatable bonds is 2. The molecule has 0 unspecified atom stereocenters. The topological polar surface area (TPSA) is 53.8 Å². The number of thiocarbonyl (C=S) groups is 1. The first-order valence-corrected chi connectivity index (χ1v) is 12.0. The fraction of sp³-hybridized carbons (Fsp3) is 0.192. The molecule has 0 N–H and O–H groups in total. The molecule has 1 fully saturated rings. The van der Waals surface area contributed by atoms with Crippen LogP contribution in [0, 0.1) is 0 Å². The van der Waals surface area contributed by atoms with Crippen molar-refractivity contribution in [2.75, 3.05) is 0 Å². The van der Waals surface area contributed by atoms with E-state index in [-0.39, 0.29) is 18.4 Å². The molecule has 0 aliphatic carbocycles. The molecule has 1 aromatic heterocycles. The van der Waals surface area contributed by atoms with Gasteiger partial charge in [-0.25, -0.2) is 0 Å². The van der Waals surface area contributed by atoms with Gasteiger partial charge in [-0.05, 0) is 54.8 Å². The van der Waals surface area contributed by atoms with Crippen LogP contribution >= 0.6 is 24.0 Å². The normalized spacial score (nSPS) is 21.6. The average Bonchev–Trinajstić information content (AvgIpc) is 3.49. The fourth-order valence-electron chi connectivity index (χ4n) is 4.99. The van der Waals surface area contributed by atoms with Gasteiger partial charge >= 0.3 is 0 Å². The van der Waals surface area contributed by atoms with Crippen molar-refractivity contribution in [3.63, 3.8) is 0 Å². The largest absolute Gasteiger partial charge is 0.467 e. The third kappa shape index (κ3) is 3.03. The Morgan fingerprint density at radius 3 is 2.67 bits per heavy atom. The van der Waals surface area contributed by atoms with Gasteiger partial charge in [-0.15, -0.1) is 0 Å². The van der Waals surface area contributed by atoms with Crippen LogP contribution in [0.5, 0.6) is 0 Å². The lowest BCUT2D eigenvalue weighted by Crippen LogP contribution is -2.48. The highest BCUT2D eigenvalue weighted by molar-refractivity contribution is 8.26. The number of carbonyl (C=O) groups is 2. The summed E-state index contributed by atoms with van der Waals surface area (Å²) in [6, 6.07) is 16.1. The Bertz CT molecular complexity index is 1430. The molecule has 0 saturated carbocycles. The van der Waals surface area contributed by atoms with Gasteiger partial charge in [0, 0.05) is 11.1 Å². The van der Waals surface area contributed by atoms with Crippen LogP contribution in [0.2, 0.25) is 0 Å². The Balaban J connectivity index is 1.47. The van der Waals surface area contributed by atoms with Crippen molar-refractivity contribution in [2.24, 2.45) is 0 Å². The zero-order valence-electron chi connectivity index (χ0n) is 18.1. The summed E-state index contributed by atoms with van der Waals surface area (Å²) >= 11 is 6.67. The third-order valence-electron chi connectivity index (χ3n) is 6.47. The maximum atomic E-state index is 13.7. The molecule has 3 aliphatic heterocycles. The molecule has 33 heavy (non-hydrogen) atoms. The van der Waals surface area contributed by atoms with Crippen molar-refractivity contribution in [1.82, 2.24) is 9.80 Å². The van der Waals surface area contributed by atoms with Gasteiger partial charge in [0.2, 0.25) is 0 Å². The summed E-state index contributed by atoms with van der Waals surface area (Å²) in [4.78, 5) is 30.7. The minimum Gasteiger partial charge on any atom is -0.467 e. The molecule has 7 heteroatoms. The van der Waals surface area contributed by atoms with E-state index >= 15 is 0 Å². The quantitative estimate of drug-likeness (QED) is 0.376. The standard InChI is InChI=1S/C26H20N2O3S2/c1-26(2)13-20-17-8-4-3-6-15(17)9-10-18(20)21-12-19(23(29)28(21)26)22-24(30)27(25(32)33-22)14-16-7-5-11-31-16/h3-12H,13-14H2,1-2H3/b22-19-. The van der Waals surface area contributed by atoms with E-state index in [4.69, 9.17) is 16.6 Å². The van der Waals surface area contributed by atoms with Gasteiger partial charge in [0.25, 0.3) is 11.8 Å². The summed E-state index contributed by atoms with van der Waals surface area (Å²) in [5, 5.41) is 2.39. The van der Waals surface area contributed by atoms with Crippen molar-refractivity contribution in [1.29, 1.82) is 0 Å². The summed E-state index contributed by atoms with van der Waals surface area (Å²) in [5.41, 5.74) is 3.12. The molecular formula is C26H20N2O3S2. The number of hydrogen-bond acceptors (Lipinski definition) is 5. The van der Waals surface area contributed by atoms with Gasteiger partial charge in [-0.3, -0.25) is 14.5 Å². The van der Waals surface area contributed by atoms with E-state index in [1.807, 2.05) is 23.1 Å². The van der Waals surface area contributed by atoms with Crippen LogP contribution in [0.3, 0.4) is 0 Å². The Morgan fingerprint density at radius 2 is 1.88 bits per heavy atom. The lowest BCUT2D eigenvalue weighted by molar-refractivity contribution is -0.128. The van der Waals surface area contributed by atoms with E-state index in [0.29, 0.717) is 20.6 Å². The molecule has 3 aromatic rings. The molecular weight excluding hydrogens is 452 g/mol. The SMILES string of the molecule is CC1(C)Cc2c(ccc3ccccc23)C2=C/C(=C3/SC(=S)N(Cc4ccco4)C3=O)C(=O)N21. The number of fused-ring (bicyclic) bond motifs is 5. The number of benzene rings is 2. The number of hydrogen-bond donors (Lipinski definition) is 0. The smallest absolute Gasteiger partial charge is 0.267 e. The summed E-state index contributed by atoms with van der Waals surface area (Å²) < 4.78 is 5.82. The van der Waals surface area contributed by atoms with Gasteiger partial charge in [0.15, 0.2) is 0 Å². The maximum Gasteiger partial charge on any atom is 0.267 e. The fourth-order valence-corrected chi connectivity index (χ4v) is 6.27. The van der Waals surface area contributed by atoms with Gasteiger partial charge < -0.3 is 9.32 Å². The number of carbonyl (C=O) groups excluding carboxylic acids is 2. The number of thioether (sulfide) groups is 1. The van der Waals surface area contributed by atoms with Crippen molar-refractivity contribution in [3.05, 3.63) is 88.2 Å². The summed E-state index contributed by atoms with van der Waals surface area (Å²) in [6.07, 6.45) is 4.17. The van der Waals surface area contributed by atoms with Crippen LogP contribution in [-0.2, 0) is 22.6 Å². The van der Waals surface area contributed by atoms with E-state index in [9.17, 15) is 9.59 Å². The molecule has 0 bridgehead atoms. The van der Waals surface area contributed by atoms with E-state index in [1.54, 1.807) is 18.4 Å². The highest BCUT2D eigenvalue weighted by Crippen LogP contribution is 2.47. The van der Waals surface area contributed by atoms with E-state index in [2.05, 4.69) is 38.1 Å². The zero-order valence-corrected chi connectivity index (χ0v) is 19.8. The molecule has 6 rings (SSSR count). The van der Waals surface area contributed by atoms with Gasteiger partial charge in [-0.2, -0.15) is 0 Å². The van der Waals surface area contributed by atoms with Gasteiger partial charge in [-0.1, -0.05) is 60.4 Å². The Kier molecular flexibility index (Phi) is 4.44. The molecule has 2 aromatic carbocycles. The second-order valence-corrected chi connectivity index (χ2v) is 10.7. The lowest BCUT2D eigenvalue weighted by Gasteiger charge is -2.42. The van der Waals surface area contributed by atoms with Crippen LogP contribution < -0.4 is 0 Å². The van der Waals surface area contributed by atoms with Gasteiger partial charge in [0.05, 0.1) is 29.0 Å². The molecule has 0 atom stereocenters. The first kappa shape index (κ1) is 20.4. The van der Waals surface area contributed by atoms with Crippen molar-refractivity contribution in [3.8, 4) is 0 Å². The Labute approximate surface area is 200 Å². The minimum atomic E-state index is -0.428. The number of amides is 2. The van der Waals surface area contributed by atoms with Crippen LogP contribution in [0.25, 0.3) is 16.5 Å². The van der Waals surface area contributed by atoms with Crippen LogP contribution in [0.4, 0.5) is 0 Å². The van der Waals surface area contributed by atoms with E-state index in [1.165, 1.54) is 33.0 Å². The van der Waals surface area contributed by atoms with Crippen LogP contribution in [-0.4, -0.2) is 31.5 Å². The van der Waals surface area contributed by atoms with Crippen molar-refractivity contribution < 1.29 is 14.0 Å². The van der Waals surface area contributed by atoms with Crippen LogP contribution in [0.15, 0.2) is 75.8 Å². The summed E-state index contributed by atoms with van der Waals surface area (Å²) in [7, 11) is 0. The second-order valence-electron chi connectivity index (χ2n) is 9.05. The van der Waals surface area contributed by atoms with Crippen LogP contribution in [0.1, 0.15) is 30.7 Å². The predicted octanol–water partition coefficient (Wildman–Crippen LogP) is 5.27. The first-order chi connectivity index (χ1) is 15.8. The molecule has 1 saturated heterocycles. The highest BCUT2D eigenvalue weighted by Gasteiger charge is 2.47. The summed E-state index contributed by atoms with van der Waals surface area (Å²) in [6.45, 7) is 4.41. The molecule has 2 amide bonds. The zero-order chi connectivity index (χ0) is 22.9. The molecule has 0 radical (unpaired) electrons. The Morgan fingerprint density at radius 1 is 1.06 bits per heavy atom. The van der Waals surface area contributed by atoms with Crippen molar-refractivity contribution in [2.45, 2.75) is 32.4 Å². The summed E-state index contributed by atoms with van der Waals surface area (Å²) in [5.74, 6) is 0.248. The second kappa shape index (κ2) is 7.17. The average molecular weight is 473 g/mol. The third-order valence-corrected chi connectivity index (χ3v) is 7.94. The van der Waals surface area contributed by atoms with Crippen molar-refractivity contribution >= 4 is 56.6 Å². The predicted molar refractivity (Wildman–Crippen MR) is 133 cm³/mol. The highest BCUT2D eigenvalue weighted by atomic mass is 32.2. The molecule has 164 valence electrons. The Hall–Kier alpha value is -3.16. The number of nitrogens with zero attached hydrogens (tertiary/aromatic N) is 2. The molecule has 3 aliphatic rings. The molecule has 5 nitrogen and oxygen atoms in total. The number of furan rings is 1. The molecule has 4 heterocycles. The monoisotopic (exact) mass is 472 g/mol. The molecule has 0 spiro atoms. The van der Waals surface area contributed by atoms with E-state index < -0.39 is 5.54 Å².